The highest BCUT2D eigenvalue weighted by molar-refractivity contribution is 6.06. The Labute approximate surface area is 318 Å². The molecule has 2 amide bonds. The van der Waals surface area contributed by atoms with E-state index in [-0.39, 0.29) is 57.8 Å². The molecule has 0 aromatic heterocycles. The first-order valence-corrected chi connectivity index (χ1v) is 19.6. The lowest BCUT2D eigenvalue weighted by Crippen LogP contribution is -2.42. The number of ether oxygens (including phenoxy) is 2. The van der Waals surface area contributed by atoms with Gasteiger partial charge in [0, 0.05) is 36.1 Å². The molecule has 0 spiro atoms. The molecule has 11 heteroatoms. The summed E-state index contributed by atoms with van der Waals surface area (Å²) in [5.41, 5.74) is 2.32. The van der Waals surface area contributed by atoms with Gasteiger partial charge in [0.25, 0.3) is 11.8 Å². The van der Waals surface area contributed by atoms with Crippen LogP contribution in [0.15, 0.2) is 18.2 Å². The number of rotatable bonds is 28. The quantitative estimate of drug-likeness (QED) is 0.0655. The lowest BCUT2D eigenvalue weighted by molar-refractivity contribution is -0.138. The van der Waals surface area contributed by atoms with Crippen LogP contribution in [0.5, 0.6) is 0 Å². The molecule has 0 unspecified atom stereocenters. The predicted molar refractivity (Wildman–Crippen MR) is 207 cm³/mol. The smallest absolute Gasteiger partial charge is 0.274 e. The molecule has 0 bridgehead atoms. The monoisotopic (exact) mass is 744 g/mol. The molecule has 1 aromatic carbocycles. The third-order valence-corrected chi connectivity index (χ3v) is 8.46. The highest BCUT2D eigenvalue weighted by Gasteiger charge is 2.26. The molecule has 0 aliphatic rings. The fourth-order valence-electron chi connectivity index (χ4n) is 5.38. The van der Waals surface area contributed by atoms with Crippen molar-refractivity contribution in [3.05, 3.63) is 34.9 Å². The summed E-state index contributed by atoms with van der Waals surface area (Å²) in [4.78, 5) is 85.1. The van der Waals surface area contributed by atoms with Gasteiger partial charge in [-0.1, -0.05) is 82.6 Å². The van der Waals surface area contributed by atoms with Gasteiger partial charge in [0.05, 0.1) is 0 Å². The summed E-state index contributed by atoms with van der Waals surface area (Å²) in [6, 6.07) is 4.02. The molecule has 0 fully saturated rings. The molecule has 3 atom stereocenters. The fourth-order valence-corrected chi connectivity index (χ4v) is 5.38. The molecule has 0 heterocycles. The summed E-state index contributed by atoms with van der Waals surface area (Å²) >= 11 is 0. The number of hydroxylamine groups is 1. The van der Waals surface area contributed by atoms with Crippen LogP contribution in [0, 0.1) is 29.6 Å². The Morgan fingerprint density at radius 2 is 1.04 bits per heavy atom. The highest BCUT2D eigenvalue weighted by Crippen LogP contribution is 2.19. The van der Waals surface area contributed by atoms with Crippen molar-refractivity contribution in [1.29, 1.82) is 0 Å². The molecule has 0 aliphatic heterocycles. The average Bonchev–Trinajstić information content (AvgIpc) is 3.09. The number of unbranched alkanes of at least 4 members (excludes halogenated alkanes) is 1. The van der Waals surface area contributed by atoms with Crippen LogP contribution in [0.2, 0.25) is 0 Å². The van der Waals surface area contributed by atoms with Crippen molar-refractivity contribution < 1.29 is 43.1 Å². The number of benzene rings is 1. The zero-order valence-corrected chi connectivity index (χ0v) is 34.3. The largest absolute Gasteiger partial charge is 0.362 e. The van der Waals surface area contributed by atoms with E-state index in [9.17, 15) is 28.8 Å². The SMILES string of the molecule is CCCCC(=O)[C@@H](CC(C)C)OCC(=O)c1cc(C(=O)CO[C@H](CC(C)C)C(=O)CCC(C)C)cc(C(=O)NO[C@H](CC(C)C)C(=O)NCC(C)C)c1. The lowest BCUT2D eigenvalue weighted by Gasteiger charge is -2.20. The van der Waals surface area contributed by atoms with Crippen molar-refractivity contribution >= 4 is 34.9 Å². The molecule has 11 nitrogen and oxygen atoms in total. The first kappa shape index (κ1) is 47.7. The van der Waals surface area contributed by atoms with Crippen molar-refractivity contribution in [2.45, 2.75) is 146 Å². The number of ketones is 4. The summed E-state index contributed by atoms with van der Waals surface area (Å²) in [5, 5.41) is 2.83. The molecular weight excluding hydrogens is 676 g/mol. The number of amides is 2. The van der Waals surface area contributed by atoms with Crippen LogP contribution in [0.3, 0.4) is 0 Å². The number of carbonyl (C=O) groups excluding carboxylic acids is 6. The van der Waals surface area contributed by atoms with E-state index in [2.05, 4.69) is 10.8 Å². The lowest BCUT2D eigenvalue weighted by atomic mass is 9.97. The van der Waals surface area contributed by atoms with Crippen LogP contribution >= 0.6 is 0 Å². The van der Waals surface area contributed by atoms with Gasteiger partial charge in [-0.05, 0) is 79.9 Å². The van der Waals surface area contributed by atoms with E-state index in [1.165, 1.54) is 18.2 Å². The normalized spacial score (nSPS) is 13.4. The standard InChI is InChI=1S/C42H68N2O9/c1-12-13-14-34(45)38(17-27(4)5)51-24-36(47)31-20-32(37(48)25-52-39(18-28(6)7)35(46)16-15-26(2)3)22-33(21-31)41(49)44-53-40(19-29(8)9)42(50)43-23-30(10)11/h20-22,26-30,38-40H,12-19,23-25H2,1-11H3,(H,43,50)(H,44,49)/t38-,39-,40-/m1/s1. The van der Waals surface area contributed by atoms with Crippen LogP contribution in [0.25, 0.3) is 0 Å². The van der Waals surface area contributed by atoms with Crippen molar-refractivity contribution in [3.8, 4) is 0 Å². The van der Waals surface area contributed by atoms with Gasteiger partial charge >= 0.3 is 0 Å². The molecule has 0 saturated carbocycles. The summed E-state index contributed by atoms with van der Waals surface area (Å²) in [7, 11) is 0. The molecule has 2 N–H and O–H groups in total. The number of nitrogens with one attached hydrogen (secondary N) is 2. The second-order valence-corrected chi connectivity index (χ2v) is 16.3. The van der Waals surface area contributed by atoms with Gasteiger partial charge in [0.15, 0.2) is 29.2 Å². The van der Waals surface area contributed by atoms with Gasteiger partial charge in [-0.2, -0.15) is 0 Å². The van der Waals surface area contributed by atoms with E-state index in [1.54, 1.807) is 0 Å². The molecule has 1 aromatic rings. The van der Waals surface area contributed by atoms with Gasteiger partial charge in [0.2, 0.25) is 0 Å². The highest BCUT2D eigenvalue weighted by atomic mass is 16.7. The second-order valence-electron chi connectivity index (χ2n) is 16.3. The van der Waals surface area contributed by atoms with Gasteiger partial charge in [0.1, 0.15) is 25.4 Å². The van der Waals surface area contributed by atoms with E-state index in [1.807, 2.05) is 76.2 Å². The molecule has 1 rings (SSSR count). The minimum absolute atomic E-state index is 0.0186. The minimum atomic E-state index is -0.973. The van der Waals surface area contributed by atoms with Crippen molar-refractivity contribution in [2.24, 2.45) is 29.6 Å². The van der Waals surface area contributed by atoms with Crippen molar-refractivity contribution in [2.75, 3.05) is 19.8 Å². The third kappa shape index (κ3) is 19.6. The zero-order chi connectivity index (χ0) is 40.2. The van der Waals surface area contributed by atoms with Crippen molar-refractivity contribution in [1.82, 2.24) is 10.8 Å². The van der Waals surface area contributed by atoms with Crippen LogP contribution in [-0.2, 0) is 28.7 Å². The Morgan fingerprint density at radius 3 is 1.47 bits per heavy atom. The average molecular weight is 745 g/mol. The maximum atomic E-state index is 13.6. The summed E-state index contributed by atoms with van der Waals surface area (Å²) < 4.78 is 11.8. The molecule has 300 valence electrons. The maximum Gasteiger partial charge on any atom is 0.274 e. The number of hydrogen-bond acceptors (Lipinski definition) is 9. The zero-order valence-electron chi connectivity index (χ0n) is 34.3. The maximum absolute atomic E-state index is 13.6. The van der Waals surface area contributed by atoms with Gasteiger partial charge in [-0.3, -0.25) is 33.6 Å². The first-order valence-electron chi connectivity index (χ1n) is 19.6. The third-order valence-electron chi connectivity index (χ3n) is 8.46. The molecule has 0 saturated heterocycles. The summed E-state index contributed by atoms with van der Waals surface area (Å²) in [6.45, 7) is 21.3. The summed E-state index contributed by atoms with van der Waals surface area (Å²) in [6.07, 6.45) is 1.69. The van der Waals surface area contributed by atoms with E-state index in [4.69, 9.17) is 14.3 Å². The molecule has 0 radical (unpaired) electrons. The Bertz CT molecular complexity index is 1260. The van der Waals surface area contributed by atoms with E-state index in [0.29, 0.717) is 51.0 Å². The fraction of sp³-hybridized carbons (Fsp3) is 0.714. The van der Waals surface area contributed by atoms with Gasteiger partial charge < -0.3 is 14.8 Å². The van der Waals surface area contributed by atoms with E-state index in [0.717, 1.165) is 12.8 Å². The van der Waals surface area contributed by atoms with Crippen LogP contribution in [0.4, 0.5) is 0 Å². The van der Waals surface area contributed by atoms with E-state index < -0.39 is 49.0 Å². The predicted octanol–water partition coefficient (Wildman–Crippen LogP) is 7.53. The van der Waals surface area contributed by atoms with Crippen LogP contribution in [0.1, 0.15) is 159 Å². The Hall–Kier alpha value is -3.28. The minimum Gasteiger partial charge on any atom is -0.362 e. The summed E-state index contributed by atoms with van der Waals surface area (Å²) in [5.74, 6) is -1.41. The molecular formula is C42H68N2O9. The Kier molecular flexibility index (Phi) is 22.4. The Balaban J connectivity index is 3.41. The van der Waals surface area contributed by atoms with Crippen molar-refractivity contribution in [3.63, 3.8) is 0 Å². The topological polar surface area (TPSA) is 154 Å². The molecule has 53 heavy (non-hydrogen) atoms. The van der Waals surface area contributed by atoms with Crippen LogP contribution < -0.4 is 10.8 Å². The first-order chi connectivity index (χ1) is 24.8. The second kappa shape index (κ2) is 24.9. The number of hydrogen-bond donors (Lipinski definition) is 2. The number of Topliss-reactive ketones (excluding diaryl/α,β-unsaturated/α-hetero) is 4. The number of carbonyl (C=O) groups is 6. The van der Waals surface area contributed by atoms with Gasteiger partial charge in [-0.15, -0.1) is 0 Å². The molecule has 0 aliphatic carbocycles. The van der Waals surface area contributed by atoms with E-state index >= 15 is 0 Å². The Morgan fingerprint density at radius 1 is 0.585 bits per heavy atom. The van der Waals surface area contributed by atoms with Crippen LogP contribution in [-0.4, -0.2) is 73.0 Å². The van der Waals surface area contributed by atoms with Gasteiger partial charge in [-0.25, -0.2) is 5.48 Å².